The maximum Gasteiger partial charge on any atom is 0.333 e. The fourth-order valence-corrected chi connectivity index (χ4v) is 21.3. The first-order valence-corrected chi connectivity index (χ1v) is 40.9. The van der Waals surface area contributed by atoms with Gasteiger partial charge in [0.2, 0.25) is 6.29 Å². The van der Waals surface area contributed by atoms with Gasteiger partial charge in [-0.15, -0.1) is 6.58 Å². The van der Waals surface area contributed by atoms with Crippen LogP contribution < -0.4 is 0 Å². The van der Waals surface area contributed by atoms with Gasteiger partial charge in [0.15, 0.2) is 43.8 Å². The number of hydrogen-bond donors (Lipinski definition) is 22. The van der Waals surface area contributed by atoms with Gasteiger partial charge in [0.1, 0.15) is 146 Å². The smallest absolute Gasteiger partial charge is 0.333 e. The van der Waals surface area contributed by atoms with E-state index in [1.807, 2.05) is 33.8 Å². The molecule has 0 aromatic carbocycles. The van der Waals surface area contributed by atoms with Gasteiger partial charge >= 0.3 is 11.9 Å². The summed E-state index contributed by atoms with van der Waals surface area (Å²) in [6.07, 6.45) is -57.7. The number of rotatable bonds is 23. The summed E-state index contributed by atoms with van der Waals surface area (Å²) in [6, 6.07) is 0. The van der Waals surface area contributed by atoms with Gasteiger partial charge in [-0.25, -0.2) is 4.79 Å². The number of aliphatic hydroxyl groups is 22. The predicted octanol–water partition coefficient (Wildman–Crippen LogP) is -6.49. The SMILES string of the molecule is C=CC(C)(CCC=C(C)C(=O)OC1CC2(C(=O)OC3OC(CO)C(O)C(O)C3OC3OC(COC4OC(C)C(O)C(O)C4O)C(O)C(O)C3OC3OCC(O)C(OC4OCC(O)C(O)C4O)C3O)C(O)CC3(C)C(=CCC4C5(C)CC(O)C(OC6OC(C)C(O)C(O)C6O)C(C)(CO)C5CCC43C)C2CC1(C)C)OC1OCC(O)C(O)C1O. The summed E-state index contributed by atoms with van der Waals surface area (Å²) < 4.78 is 90.4. The molecule has 0 aromatic heterocycles. The van der Waals surface area contributed by atoms with E-state index in [9.17, 15) is 117 Å². The van der Waals surface area contributed by atoms with Gasteiger partial charge in [-0.05, 0) is 113 Å². The van der Waals surface area contributed by atoms with Crippen LogP contribution in [0.1, 0.15) is 127 Å². The molecule has 11 fully saturated rings. The van der Waals surface area contributed by atoms with Crippen molar-refractivity contribution < 1.29 is 193 Å². The van der Waals surface area contributed by atoms with E-state index in [2.05, 4.69) is 13.5 Å². The van der Waals surface area contributed by atoms with Crippen molar-refractivity contribution >= 4 is 11.9 Å². The Bertz CT molecular complexity index is 3510. The Labute approximate surface area is 682 Å². The largest absolute Gasteiger partial charge is 0.458 e. The van der Waals surface area contributed by atoms with Crippen molar-refractivity contribution in [3.63, 3.8) is 0 Å². The van der Waals surface area contributed by atoms with Crippen molar-refractivity contribution in [1.82, 2.24) is 0 Å². The van der Waals surface area contributed by atoms with Gasteiger partial charge < -0.3 is 183 Å². The van der Waals surface area contributed by atoms with Crippen LogP contribution in [0.4, 0.5) is 0 Å². The molecule has 39 heteroatoms. The minimum atomic E-state index is -2.32. The lowest BCUT2D eigenvalue weighted by Gasteiger charge is -2.72. The number of esters is 2. The molecule has 12 aliphatic rings. The van der Waals surface area contributed by atoms with Gasteiger partial charge in [-0.3, -0.25) is 4.79 Å². The Hall–Kier alpha value is -3.24. The van der Waals surface area contributed by atoms with Crippen molar-refractivity contribution in [3.8, 4) is 0 Å². The predicted molar refractivity (Wildman–Crippen MR) is 393 cm³/mol. The monoisotopic (exact) mass is 1700 g/mol. The van der Waals surface area contributed by atoms with Gasteiger partial charge in [0.25, 0.3) is 0 Å². The molecule has 0 aromatic rings. The van der Waals surface area contributed by atoms with Crippen molar-refractivity contribution in [1.29, 1.82) is 0 Å². The molecule has 118 heavy (non-hydrogen) atoms. The Morgan fingerprint density at radius 1 is 0.542 bits per heavy atom. The molecule has 5 aliphatic carbocycles. The second-order valence-corrected chi connectivity index (χ2v) is 36.8. The van der Waals surface area contributed by atoms with Crippen LogP contribution in [0.5, 0.6) is 0 Å². The first kappa shape index (κ1) is 93.9. The van der Waals surface area contributed by atoms with E-state index in [-0.39, 0.29) is 50.2 Å². The fourth-order valence-electron chi connectivity index (χ4n) is 21.3. The zero-order valence-electron chi connectivity index (χ0n) is 67.8. The van der Waals surface area contributed by atoms with Crippen LogP contribution in [0.2, 0.25) is 0 Å². The number of carbonyl (C=O) groups is 2. The van der Waals surface area contributed by atoms with E-state index in [1.165, 1.54) is 26.8 Å². The quantitative estimate of drug-likeness (QED) is 0.0196. The standard InChI is InChI=1S/C79H126O39/c1-12-74(7,118-68-56(98)48(90)37(84)26-106-68)18-13-14-30(2)64(102)112-44-23-79(34(20-73(44,5)6)33-15-16-42-75(8)21-35(82)63(116-69-58(100)52(94)46(88)32(4)109-69)76(9,29-81)41(75)17-19-77(42,10)78(33,11)22-43(79)86)72(103)117-71-62(53(95)49(91)39(24-80)110-71)115-70-61(54(96)50(92)40(111-70)28-107-65-57(99)51(93)45(87)31(3)108-65)114-67-59(101)60(38(85)27-105-67)113-66-55(97)47(89)36(83)25-104-66/h12,14-15,31-32,34-63,65-71,80-101H,1,13,16-29H2,2-11H3. The molecule has 45 unspecified atom stereocenters. The molecule has 4 saturated carbocycles. The Morgan fingerprint density at radius 3 is 1.69 bits per heavy atom. The summed E-state index contributed by atoms with van der Waals surface area (Å²) in [5, 5.41) is 248. The van der Waals surface area contributed by atoms with Crippen LogP contribution in [-0.4, -0.2) is 391 Å². The van der Waals surface area contributed by atoms with Crippen molar-refractivity contribution in [2.45, 2.75) is 354 Å². The number of fused-ring (bicyclic) bond motifs is 7. The first-order chi connectivity index (χ1) is 55.2. The summed E-state index contributed by atoms with van der Waals surface area (Å²) in [5.74, 6) is -3.92. The number of ether oxygens (including phenoxy) is 15. The van der Waals surface area contributed by atoms with E-state index in [4.69, 9.17) is 71.1 Å². The second kappa shape index (κ2) is 35.9. The number of aliphatic hydroxyl groups excluding tert-OH is 22. The van der Waals surface area contributed by atoms with Crippen molar-refractivity contribution in [2.75, 3.05) is 39.6 Å². The lowest BCUT2D eigenvalue weighted by atomic mass is 9.33. The summed E-state index contributed by atoms with van der Waals surface area (Å²) in [4.78, 5) is 31.5. The molecular weight excluding hydrogens is 1570 g/mol. The van der Waals surface area contributed by atoms with E-state index < -0.39 is 322 Å². The number of hydrogen-bond acceptors (Lipinski definition) is 39. The molecule has 45 atom stereocenters. The molecular formula is C79H126O39. The Kier molecular flexibility index (Phi) is 28.6. The molecule has 12 rings (SSSR count). The maximum atomic E-state index is 16.7. The molecule has 676 valence electrons. The highest BCUT2D eigenvalue weighted by molar-refractivity contribution is 5.88. The van der Waals surface area contributed by atoms with Crippen molar-refractivity contribution in [2.24, 2.45) is 50.2 Å². The Balaban J connectivity index is 0.885. The van der Waals surface area contributed by atoms with E-state index in [1.54, 1.807) is 19.9 Å². The topological polar surface area (TPSA) is 618 Å². The molecule has 39 nitrogen and oxygen atoms in total. The highest BCUT2D eigenvalue weighted by Gasteiger charge is 2.75. The lowest BCUT2D eigenvalue weighted by Crippen LogP contribution is -2.71. The van der Waals surface area contributed by atoms with Crippen LogP contribution in [0, 0.1) is 50.2 Å². The third-order valence-electron chi connectivity index (χ3n) is 29.0. The van der Waals surface area contributed by atoms with Crippen LogP contribution in [-0.2, 0) is 80.6 Å². The molecule has 22 N–H and O–H groups in total. The van der Waals surface area contributed by atoms with E-state index in [0.29, 0.717) is 24.8 Å². The number of allylic oxidation sites excluding steroid dienone is 3. The highest BCUT2D eigenvalue weighted by atomic mass is 16.8. The summed E-state index contributed by atoms with van der Waals surface area (Å²) in [5.41, 5.74) is -7.72. The van der Waals surface area contributed by atoms with Gasteiger partial charge in [0.05, 0.1) is 75.8 Å². The van der Waals surface area contributed by atoms with Crippen LogP contribution in [0.25, 0.3) is 0 Å². The van der Waals surface area contributed by atoms with Gasteiger partial charge in [0, 0.05) is 22.8 Å². The highest BCUT2D eigenvalue weighted by Crippen LogP contribution is 2.76. The molecule has 0 amide bonds. The molecule has 0 spiro atoms. The Morgan fingerprint density at radius 2 is 1.08 bits per heavy atom. The third kappa shape index (κ3) is 16.9. The molecule has 7 aliphatic heterocycles. The summed E-state index contributed by atoms with van der Waals surface area (Å²) in [7, 11) is 0. The molecule has 7 saturated heterocycles. The zero-order valence-corrected chi connectivity index (χ0v) is 67.8. The average molecular weight is 1700 g/mol. The van der Waals surface area contributed by atoms with E-state index in [0.717, 1.165) is 0 Å². The van der Waals surface area contributed by atoms with Crippen molar-refractivity contribution in [3.05, 3.63) is 36.0 Å². The van der Waals surface area contributed by atoms with Gasteiger partial charge in [-0.1, -0.05) is 65.3 Å². The number of carbonyl (C=O) groups excluding carboxylic acids is 2. The van der Waals surface area contributed by atoms with Crippen LogP contribution >= 0.6 is 0 Å². The second-order valence-electron chi connectivity index (χ2n) is 36.8. The van der Waals surface area contributed by atoms with Gasteiger partial charge in [-0.2, -0.15) is 0 Å². The van der Waals surface area contributed by atoms with Crippen LogP contribution in [0.15, 0.2) is 36.0 Å². The minimum absolute atomic E-state index is 0.0269. The minimum Gasteiger partial charge on any atom is -0.458 e. The first-order valence-electron chi connectivity index (χ1n) is 40.9. The fraction of sp³-hybridized carbons (Fsp3) is 0.899. The van der Waals surface area contributed by atoms with E-state index >= 15 is 4.79 Å². The normalized spacial score (nSPS) is 52.3. The zero-order chi connectivity index (χ0) is 86.7. The summed E-state index contributed by atoms with van der Waals surface area (Å²) in [6.45, 7) is 17.4. The molecule has 0 bridgehead atoms. The maximum absolute atomic E-state index is 16.7. The average Bonchev–Trinajstić information content (AvgIpc) is 0.666. The lowest BCUT2D eigenvalue weighted by molar-refractivity contribution is -0.394. The summed E-state index contributed by atoms with van der Waals surface area (Å²) >= 11 is 0. The van der Waals surface area contributed by atoms with Crippen LogP contribution in [0.3, 0.4) is 0 Å². The molecule has 7 heterocycles. The molecule has 0 radical (unpaired) electrons. The third-order valence-corrected chi connectivity index (χ3v) is 29.0.